The number of carbonyl (C=O) groups excluding carboxylic acids is 2. The predicted octanol–water partition coefficient (Wildman–Crippen LogP) is 3.26. The second kappa shape index (κ2) is 6.24. The Bertz CT molecular complexity index is 722. The van der Waals surface area contributed by atoms with Crippen LogP contribution in [0.2, 0.25) is 0 Å². The number of benzene rings is 1. The van der Waals surface area contributed by atoms with Crippen molar-refractivity contribution in [2.24, 2.45) is 5.41 Å². The zero-order valence-corrected chi connectivity index (χ0v) is 14.1. The van der Waals surface area contributed by atoms with Gasteiger partial charge in [0.2, 0.25) is 5.91 Å². The Kier molecular flexibility index (Phi) is 4.54. The summed E-state index contributed by atoms with van der Waals surface area (Å²) in [6, 6.07) is 6.85. The van der Waals surface area contributed by atoms with E-state index in [0.29, 0.717) is 16.9 Å². The van der Waals surface area contributed by atoms with Crippen molar-refractivity contribution in [2.75, 3.05) is 10.6 Å². The molecule has 0 spiro atoms. The number of hydrogen-bond donors (Lipinski definition) is 3. The van der Waals surface area contributed by atoms with E-state index in [2.05, 4.69) is 20.8 Å². The average molecular weight is 314 g/mol. The van der Waals surface area contributed by atoms with Gasteiger partial charge in [-0.15, -0.1) is 0 Å². The summed E-state index contributed by atoms with van der Waals surface area (Å²) >= 11 is 0. The van der Waals surface area contributed by atoms with Gasteiger partial charge in [0.1, 0.15) is 0 Å². The van der Waals surface area contributed by atoms with Gasteiger partial charge in [-0.1, -0.05) is 26.8 Å². The van der Waals surface area contributed by atoms with E-state index in [4.69, 9.17) is 0 Å². The van der Waals surface area contributed by atoms with E-state index in [0.717, 1.165) is 11.4 Å². The van der Waals surface area contributed by atoms with Crippen LogP contribution in [0.3, 0.4) is 0 Å². The molecule has 2 amide bonds. The van der Waals surface area contributed by atoms with Gasteiger partial charge in [0.25, 0.3) is 5.91 Å². The maximum atomic E-state index is 12.4. The van der Waals surface area contributed by atoms with Crippen LogP contribution in [0.5, 0.6) is 0 Å². The van der Waals surface area contributed by atoms with Gasteiger partial charge >= 0.3 is 0 Å². The molecule has 0 aliphatic heterocycles. The summed E-state index contributed by atoms with van der Waals surface area (Å²) in [4.78, 5) is 24.4. The van der Waals surface area contributed by atoms with Crippen molar-refractivity contribution in [3.05, 3.63) is 41.2 Å². The predicted molar refractivity (Wildman–Crippen MR) is 90.5 cm³/mol. The first-order chi connectivity index (χ1) is 10.7. The van der Waals surface area contributed by atoms with E-state index < -0.39 is 5.41 Å². The highest BCUT2D eigenvalue weighted by Gasteiger charge is 2.21. The summed E-state index contributed by atoms with van der Waals surface area (Å²) in [6.45, 7) is 9.17. The number of aryl methyl sites for hydroxylation is 2. The highest BCUT2D eigenvalue weighted by molar-refractivity contribution is 6.06. The van der Waals surface area contributed by atoms with Crippen molar-refractivity contribution in [2.45, 2.75) is 34.6 Å². The summed E-state index contributed by atoms with van der Waals surface area (Å²) in [5.74, 6) is -0.346. The first-order valence-electron chi connectivity index (χ1n) is 7.43. The number of anilines is 2. The lowest BCUT2D eigenvalue weighted by atomic mass is 9.95. The number of rotatable bonds is 3. The molecule has 2 rings (SSSR count). The number of aromatic amines is 1. The first kappa shape index (κ1) is 16.7. The third-order valence-corrected chi connectivity index (χ3v) is 3.43. The fourth-order valence-electron chi connectivity index (χ4n) is 1.98. The summed E-state index contributed by atoms with van der Waals surface area (Å²) in [6.07, 6.45) is 0. The molecular weight excluding hydrogens is 292 g/mol. The molecular formula is C17H22N4O2. The quantitative estimate of drug-likeness (QED) is 0.812. The molecule has 0 atom stereocenters. The van der Waals surface area contributed by atoms with Crippen molar-refractivity contribution in [1.82, 2.24) is 10.2 Å². The number of carbonyl (C=O) groups is 2. The summed E-state index contributed by atoms with van der Waals surface area (Å²) in [5, 5.41) is 12.5. The molecule has 0 saturated heterocycles. The third-order valence-electron chi connectivity index (χ3n) is 3.43. The summed E-state index contributed by atoms with van der Waals surface area (Å²) in [7, 11) is 0. The van der Waals surface area contributed by atoms with Crippen molar-refractivity contribution >= 4 is 23.2 Å². The minimum atomic E-state index is -0.497. The van der Waals surface area contributed by atoms with Gasteiger partial charge in [-0.05, 0) is 32.0 Å². The zero-order valence-electron chi connectivity index (χ0n) is 14.1. The van der Waals surface area contributed by atoms with Gasteiger partial charge in [0, 0.05) is 16.7 Å². The van der Waals surface area contributed by atoms with Crippen LogP contribution >= 0.6 is 0 Å². The van der Waals surface area contributed by atoms with E-state index in [-0.39, 0.29) is 11.8 Å². The first-order valence-corrected chi connectivity index (χ1v) is 7.43. The average Bonchev–Trinajstić information content (AvgIpc) is 2.78. The maximum Gasteiger partial charge on any atom is 0.255 e. The molecule has 3 N–H and O–H groups in total. The molecule has 0 fully saturated rings. The molecule has 1 aromatic carbocycles. The van der Waals surface area contributed by atoms with Gasteiger partial charge in [-0.3, -0.25) is 14.7 Å². The second-order valence-corrected chi connectivity index (χ2v) is 6.55. The molecule has 0 aliphatic rings. The Hall–Kier alpha value is -2.63. The molecule has 1 heterocycles. The third kappa shape index (κ3) is 3.97. The second-order valence-electron chi connectivity index (χ2n) is 6.55. The summed E-state index contributed by atoms with van der Waals surface area (Å²) in [5.41, 5.74) is 2.78. The van der Waals surface area contributed by atoms with Crippen LogP contribution in [0.15, 0.2) is 24.3 Å². The Morgan fingerprint density at radius 2 is 1.83 bits per heavy atom. The number of nitrogens with zero attached hydrogens (tertiary/aromatic N) is 1. The maximum absolute atomic E-state index is 12.4. The smallest absolute Gasteiger partial charge is 0.255 e. The highest BCUT2D eigenvalue weighted by atomic mass is 16.2. The number of H-pyrrole nitrogens is 1. The van der Waals surface area contributed by atoms with Gasteiger partial charge in [-0.25, -0.2) is 0 Å². The standard InChI is InChI=1S/C17H22N4O2/c1-10-14(11(2)21-20-10)19-15(22)12-7-6-8-13(9-12)18-16(23)17(3,4)5/h6-9H,1-5H3,(H,18,23)(H,19,22)(H,20,21). The van der Waals surface area contributed by atoms with Crippen LogP contribution in [0, 0.1) is 19.3 Å². The van der Waals surface area contributed by atoms with Crippen molar-refractivity contribution in [3.8, 4) is 0 Å². The van der Waals surface area contributed by atoms with E-state index in [1.54, 1.807) is 24.3 Å². The minimum absolute atomic E-state index is 0.100. The van der Waals surface area contributed by atoms with Crippen LogP contribution in [0.4, 0.5) is 11.4 Å². The lowest BCUT2D eigenvalue weighted by molar-refractivity contribution is -0.123. The van der Waals surface area contributed by atoms with Crippen LogP contribution in [-0.2, 0) is 4.79 Å². The zero-order chi connectivity index (χ0) is 17.2. The van der Waals surface area contributed by atoms with Crippen molar-refractivity contribution in [3.63, 3.8) is 0 Å². The van der Waals surface area contributed by atoms with Crippen molar-refractivity contribution in [1.29, 1.82) is 0 Å². The molecule has 6 heteroatoms. The number of nitrogens with one attached hydrogen (secondary N) is 3. The van der Waals surface area contributed by atoms with Crippen LogP contribution < -0.4 is 10.6 Å². The number of amides is 2. The lowest BCUT2D eigenvalue weighted by Gasteiger charge is -2.18. The van der Waals surface area contributed by atoms with Gasteiger partial charge in [0.05, 0.1) is 17.1 Å². The topological polar surface area (TPSA) is 86.9 Å². The Balaban J connectivity index is 2.16. The van der Waals surface area contributed by atoms with E-state index >= 15 is 0 Å². The molecule has 23 heavy (non-hydrogen) atoms. The molecule has 0 bridgehead atoms. The van der Waals surface area contributed by atoms with E-state index in [1.165, 1.54) is 0 Å². The van der Waals surface area contributed by atoms with Crippen LogP contribution in [0.25, 0.3) is 0 Å². The molecule has 2 aromatic rings. The number of hydrogen-bond acceptors (Lipinski definition) is 3. The van der Waals surface area contributed by atoms with E-state index in [9.17, 15) is 9.59 Å². The number of aromatic nitrogens is 2. The molecule has 6 nitrogen and oxygen atoms in total. The molecule has 0 unspecified atom stereocenters. The van der Waals surface area contributed by atoms with Crippen molar-refractivity contribution < 1.29 is 9.59 Å². The van der Waals surface area contributed by atoms with E-state index in [1.807, 2.05) is 34.6 Å². The fraction of sp³-hybridized carbons (Fsp3) is 0.353. The SMILES string of the molecule is Cc1n[nH]c(C)c1NC(=O)c1cccc(NC(=O)C(C)(C)C)c1. The lowest BCUT2D eigenvalue weighted by Crippen LogP contribution is -2.27. The normalized spacial score (nSPS) is 11.2. The van der Waals surface area contributed by atoms with Gasteiger partial charge < -0.3 is 10.6 Å². The fourth-order valence-corrected chi connectivity index (χ4v) is 1.98. The van der Waals surface area contributed by atoms with Crippen LogP contribution in [0.1, 0.15) is 42.5 Å². The van der Waals surface area contributed by atoms with Gasteiger partial charge in [0.15, 0.2) is 0 Å². The molecule has 122 valence electrons. The molecule has 0 radical (unpaired) electrons. The minimum Gasteiger partial charge on any atom is -0.326 e. The molecule has 0 aliphatic carbocycles. The highest BCUT2D eigenvalue weighted by Crippen LogP contribution is 2.20. The van der Waals surface area contributed by atoms with Crippen LogP contribution in [-0.4, -0.2) is 22.0 Å². The Morgan fingerprint density at radius 3 is 2.39 bits per heavy atom. The Morgan fingerprint density at radius 1 is 1.13 bits per heavy atom. The van der Waals surface area contributed by atoms with Gasteiger partial charge in [-0.2, -0.15) is 5.10 Å². The Labute approximate surface area is 135 Å². The molecule has 1 aromatic heterocycles. The summed E-state index contributed by atoms with van der Waals surface area (Å²) < 4.78 is 0. The largest absolute Gasteiger partial charge is 0.326 e. The molecule has 0 saturated carbocycles. The monoisotopic (exact) mass is 314 g/mol.